The van der Waals surface area contributed by atoms with Crippen LogP contribution in [0.15, 0.2) is 60.7 Å². The van der Waals surface area contributed by atoms with Crippen molar-refractivity contribution in [3.05, 3.63) is 71.8 Å². The predicted octanol–water partition coefficient (Wildman–Crippen LogP) is 2.42. The first-order chi connectivity index (χ1) is 17.7. The highest BCUT2D eigenvalue weighted by Crippen LogP contribution is 2.37. The SMILES string of the molecule is CC(C)(N)C(=O)N[C@H](COCc1ccccc1)C(=O)N1CCC2NC(=O)OCC2(Cc2ccccc2)C1.Cl. The van der Waals surface area contributed by atoms with Crippen LogP contribution in [0.3, 0.4) is 0 Å². The Kier molecular flexibility index (Phi) is 9.76. The molecule has 0 radical (unpaired) electrons. The molecule has 2 heterocycles. The number of alkyl carbamates (subject to hydrolysis) is 1. The molecule has 2 saturated heterocycles. The molecule has 2 aromatic carbocycles. The van der Waals surface area contributed by atoms with E-state index in [9.17, 15) is 14.4 Å². The van der Waals surface area contributed by atoms with E-state index in [1.807, 2.05) is 60.7 Å². The summed E-state index contributed by atoms with van der Waals surface area (Å²) >= 11 is 0. The van der Waals surface area contributed by atoms with E-state index in [-0.39, 0.29) is 37.6 Å². The Bertz CT molecular complexity index is 1100. The quantitative estimate of drug-likeness (QED) is 0.445. The number of halogens is 1. The molecule has 0 saturated carbocycles. The van der Waals surface area contributed by atoms with Gasteiger partial charge < -0.3 is 30.7 Å². The number of piperidine rings is 1. The van der Waals surface area contributed by atoms with E-state index < -0.39 is 29.0 Å². The van der Waals surface area contributed by atoms with Crippen LogP contribution >= 0.6 is 12.4 Å². The number of nitrogens with zero attached hydrogens (tertiary/aromatic N) is 1. The zero-order chi connectivity index (χ0) is 26.5. The minimum Gasteiger partial charge on any atom is -0.449 e. The van der Waals surface area contributed by atoms with Crippen molar-refractivity contribution in [1.29, 1.82) is 0 Å². The molecule has 206 valence electrons. The molecule has 2 fully saturated rings. The van der Waals surface area contributed by atoms with Crippen LogP contribution < -0.4 is 16.4 Å². The molecule has 38 heavy (non-hydrogen) atoms. The van der Waals surface area contributed by atoms with E-state index in [0.717, 1.165) is 11.1 Å². The number of hydrogen-bond donors (Lipinski definition) is 3. The molecule has 2 aliphatic rings. The second-order valence-corrected chi connectivity index (χ2v) is 10.6. The molecule has 3 atom stereocenters. The summed E-state index contributed by atoms with van der Waals surface area (Å²) in [5, 5.41) is 5.76. The first kappa shape index (κ1) is 29.4. The van der Waals surface area contributed by atoms with E-state index in [0.29, 0.717) is 32.5 Å². The first-order valence-corrected chi connectivity index (χ1v) is 12.6. The van der Waals surface area contributed by atoms with Gasteiger partial charge in [0.05, 0.1) is 18.8 Å². The highest BCUT2D eigenvalue weighted by Gasteiger charge is 2.50. The highest BCUT2D eigenvalue weighted by molar-refractivity contribution is 5.91. The van der Waals surface area contributed by atoms with Gasteiger partial charge in [-0.3, -0.25) is 9.59 Å². The second-order valence-electron chi connectivity index (χ2n) is 10.6. The molecule has 0 aromatic heterocycles. The maximum absolute atomic E-state index is 13.8. The number of likely N-dealkylation sites (tertiary alicyclic amines) is 1. The zero-order valence-electron chi connectivity index (χ0n) is 21.9. The standard InChI is InChI=1S/C28H36N4O5.ClH/c1-27(2,29)25(34)30-22(17-36-16-21-11-7-4-8-12-21)24(33)32-14-13-23-28(18-32,19-37-26(35)31-23)15-20-9-5-3-6-10-20;/h3-12,22-23H,13-19,29H2,1-2H3,(H,30,34)(H,31,35);1H/t22-,23?,28?;/m1./s1. The van der Waals surface area contributed by atoms with Crippen molar-refractivity contribution in [1.82, 2.24) is 15.5 Å². The van der Waals surface area contributed by atoms with Gasteiger partial charge in [-0.1, -0.05) is 60.7 Å². The molecule has 4 N–H and O–H groups in total. The molecule has 3 amide bonds. The van der Waals surface area contributed by atoms with Crippen LogP contribution in [0.1, 0.15) is 31.4 Å². The van der Waals surface area contributed by atoms with Crippen molar-refractivity contribution in [3.63, 3.8) is 0 Å². The maximum atomic E-state index is 13.8. The van der Waals surface area contributed by atoms with E-state index >= 15 is 0 Å². The van der Waals surface area contributed by atoms with Crippen LogP contribution in [0.4, 0.5) is 4.79 Å². The number of cyclic esters (lactones) is 1. The fourth-order valence-electron chi connectivity index (χ4n) is 4.95. The number of nitrogens with two attached hydrogens (primary N) is 1. The van der Waals surface area contributed by atoms with Crippen molar-refractivity contribution >= 4 is 30.3 Å². The summed E-state index contributed by atoms with van der Waals surface area (Å²) in [5.74, 6) is -0.676. The van der Waals surface area contributed by atoms with Gasteiger partial charge in [-0.05, 0) is 37.8 Å². The van der Waals surface area contributed by atoms with E-state index in [1.165, 1.54) is 0 Å². The summed E-state index contributed by atoms with van der Waals surface area (Å²) in [6.07, 6.45) is 0.791. The second kappa shape index (κ2) is 12.6. The third kappa shape index (κ3) is 7.24. The van der Waals surface area contributed by atoms with Crippen molar-refractivity contribution in [2.24, 2.45) is 11.1 Å². The topological polar surface area (TPSA) is 123 Å². The Morgan fingerprint density at radius 2 is 1.79 bits per heavy atom. The molecule has 0 spiro atoms. The van der Waals surface area contributed by atoms with Crippen LogP contribution in [0.5, 0.6) is 0 Å². The predicted molar refractivity (Wildman–Crippen MR) is 146 cm³/mol. The van der Waals surface area contributed by atoms with Crippen LogP contribution in [-0.2, 0) is 32.1 Å². The fraction of sp³-hybridized carbons (Fsp3) is 0.464. The lowest BCUT2D eigenvalue weighted by Crippen LogP contribution is -2.67. The monoisotopic (exact) mass is 544 g/mol. The number of nitrogens with one attached hydrogen (secondary N) is 2. The molecule has 2 aromatic rings. The molecule has 2 aliphatic heterocycles. The van der Waals surface area contributed by atoms with E-state index in [4.69, 9.17) is 15.2 Å². The summed E-state index contributed by atoms with van der Waals surface area (Å²) in [5.41, 5.74) is 6.43. The fourth-order valence-corrected chi connectivity index (χ4v) is 4.95. The van der Waals surface area contributed by atoms with Gasteiger partial charge in [0.1, 0.15) is 12.6 Å². The van der Waals surface area contributed by atoms with Crippen LogP contribution in [-0.4, -0.2) is 66.7 Å². The summed E-state index contributed by atoms with van der Waals surface area (Å²) in [6, 6.07) is 18.6. The normalized spacial score (nSPS) is 21.7. The summed E-state index contributed by atoms with van der Waals surface area (Å²) in [7, 11) is 0. The van der Waals surface area contributed by atoms with Crippen molar-refractivity contribution in [3.8, 4) is 0 Å². The Balaban J connectivity index is 0.00000400. The number of fused-ring (bicyclic) bond motifs is 1. The lowest BCUT2D eigenvalue weighted by atomic mass is 9.71. The molecule has 10 heteroatoms. The summed E-state index contributed by atoms with van der Waals surface area (Å²) in [4.78, 5) is 40.3. The Morgan fingerprint density at radius 3 is 2.42 bits per heavy atom. The average Bonchev–Trinajstić information content (AvgIpc) is 2.88. The lowest BCUT2D eigenvalue weighted by molar-refractivity contribution is -0.144. The van der Waals surface area contributed by atoms with Gasteiger partial charge in [-0.25, -0.2) is 4.79 Å². The molecular formula is C28H37ClN4O5. The molecular weight excluding hydrogens is 508 g/mol. The zero-order valence-corrected chi connectivity index (χ0v) is 22.7. The van der Waals surface area contributed by atoms with Gasteiger partial charge in [0, 0.05) is 24.5 Å². The molecule has 9 nitrogen and oxygen atoms in total. The van der Waals surface area contributed by atoms with Gasteiger partial charge in [0.2, 0.25) is 11.8 Å². The number of amides is 3. The van der Waals surface area contributed by atoms with E-state index in [2.05, 4.69) is 10.6 Å². The van der Waals surface area contributed by atoms with Crippen molar-refractivity contribution in [2.75, 3.05) is 26.3 Å². The van der Waals surface area contributed by atoms with Gasteiger partial charge in [-0.15, -0.1) is 12.4 Å². The Labute approximate surface area is 229 Å². The molecule has 0 bridgehead atoms. The smallest absolute Gasteiger partial charge is 0.407 e. The van der Waals surface area contributed by atoms with Crippen LogP contribution in [0.25, 0.3) is 0 Å². The molecule has 0 aliphatic carbocycles. The number of benzene rings is 2. The van der Waals surface area contributed by atoms with Crippen LogP contribution in [0.2, 0.25) is 0 Å². The van der Waals surface area contributed by atoms with Gasteiger partial charge >= 0.3 is 6.09 Å². The lowest BCUT2D eigenvalue weighted by Gasteiger charge is -2.50. The molecule has 2 unspecified atom stereocenters. The number of carbonyl (C=O) groups excluding carboxylic acids is 3. The van der Waals surface area contributed by atoms with Crippen LogP contribution in [0, 0.1) is 5.41 Å². The number of carbonyl (C=O) groups is 3. The number of hydrogen-bond acceptors (Lipinski definition) is 6. The third-order valence-electron chi connectivity index (χ3n) is 7.01. The molecule has 4 rings (SSSR count). The number of ether oxygens (including phenoxy) is 2. The Hall–Kier alpha value is -3.14. The van der Waals surface area contributed by atoms with Crippen molar-refractivity contribution in [2.45, 2.75) is 50.9 Å². The van der Waals surface area contributed by atoms with Gasteiger partial charge in [-0.2, -0.15) is 0 Å². The largest absolute Gasteiger partial charge is 0.449 e. The average molecular weight is 545 g/mol. The number of rotatable bonds is 9. The van der Waals surface area contributed by atoms with Crippen molar-refractivity contribution < 1.29 is 23.9 Å². The van der Waals surface area contributed by atoms with Gasteiger partial charge in [0.25, 0.3) is 0 Å². The van der Waals surface area contributed by atoms with Gasteiger partial charge in [0.15, 0.2) is 0 Å². The Morgan fingerprint density at radius 1 is 1.16 bits per heavy atom. The minimum atomic E-state index is -1.15. The summed E-state index contributed by atoms with van der Waals surface area (Å²) < 4.78 is 11.3. The minimum absolute atomic E-state index is 0. The third-order valence-corrected chi connectivity index (χ3v) is 7.01. The highest BCUT2D eigenvalue weighted by atomic mass is 35.5. The van der Waals surface area contributed by atoms with E-state index in [1.54, 1.807) is 18.7 Å². The maximum Gasteiger partial charge on any atom is 0.407 e. The summed E-state index contributed by atoms with van der Waals surface area (Å²) in [6.45, 7) is 4.54. The first-order valence-electron chi connectivity index (χ1n) is 12.6.